The van der Waals surface area contributed by atoms with Crippen LogP contribution >= 0.6 is 0 Å². The minimum absolute atomic E-state index is 0.430. The largest absolute Gasteiger partial charge is 0.330 e. The first-order valence-electron chi connectivity index (χ1n) is 8.02. The third-order valence-corrected chi connectivity index (χ3v) is 5.42. The molecular formula is C16H32N2. The van der Waals surface area contributed by atoms with E-state index in [2.05, 4.69) is 18.9 Å². The Kier molecular flexibility index (Phi) is 5.08. The Morgan fingerprint density at radius 3 is 2.28 bits per heavy atom. The van der Waals surface area contributed by atoms with Crippen LogP contribution in [0.15, 0.2) is 0 Å². The fraction of sp³-hybridized carbons (Fsp3) is 1.00. The molecule has 0 amide bonds. The van der Waals surface area contributed by atoms with Crippen LogP contribution in [0.3, 0.4) is 0 Å². The van der Waals surface area contributed by atoms with Crippen LogP contribution in [0.1, 0.15) is 58.3 Å². The molecule has 0 saturated heterocycles. The Morgan fingerprint density at radius 1 is 1.11 bits per heavy atom. The highest BCUT2D eigenvalue weighted by Gasteiger charge is 2.34. The molecule has 0 aromatic carbocycles. The SMILES string of the molecule is CC1CCC(CN)(CN(C)CC2CCCC2)CC1. The van der Waals surface area contributed by atoms with Gasteiger partial charge in [0.2, 0.25) is 0 Å². The highest BCUT2D eigenvalue weighted by Crippen LogP contribution is 2.39. The molecule has 0 atom stereocenters. The van der Waals surface area contributed by atoms with Gasteiger partial charge in [0.1, 0.15) is 0 Å². The van der Waals surface area contributed by atoms with Crippen molar-refractivity contribution in [3.8, 4) is 0 Å². The molecule has 0 aromatic rings. The van der Waals surface area contributed by atoms with Gasteiger partial charge in [-0.15, -0.1) is 0 Å². The van der Waals surface area contributed by atoms with E-state index in [1.54, 1.807) is 0 Å². The number of hydrogen-bond acceptors (Lipinski definition) is 2. The van der Waals surface area contributed by atoms with Crippen molar-refractivity contribution < 1.29 is 0 Å². The van der Waals surface area contributed by atoms with Crippen LogP contribution in [-0.2, 0) is 0 Å². The maximum Gasteiger partial charge on any atom is 0.00471 e. The molecular weight excluding hydrogens is 220 g/mol. The van der Waals surface area contributed by atoms with Crippen molar-refractivity contribution in [2.75, 3.05) is 26.7 Å². The lowest BCUT2D eigenvalue weighted by molar-refractivity contribution is 0.100. The molecule has 18 heavy (non-hydrogen) atoms. The molecule has 0 aliphatic heterocycles. The second-order valence-electron chi connectivity index (χ2n) is 7.23. The van der Waals surface area contributed by atoms with Crippen LogP contribution in [0, 0.1) is 17.3 Å². The summed E-state index contributed by atoms with van der Waals surface area (Å²) in [6.07, 6.45) is 11.3. The van der Waals surface area contributed by atoms with Crippen molar-refractivity contribution in [2.24, 2.45) is 23.0 Å². The van der Waals surface area contributed by atoms with E-state index in [0.29, 0.717) is 5.41 Å². The zero-order valence-corrected chi connectivity index (χ0v) is 12.5. The first-order valence-corrected chi connectivity index (χ1v) is 8.02. The molecule has 2 aliphatic rings. The average Bonchev–Trinajstić information content (AvgIpc) is 2.85. The summed E-state index contributed by atoms with van der Waals surface area (Å²) >= 11 is 0. The smallest absolute Gasteiger partial charge is 0.00471 e. The number of nitrogens with zero attached hydrogens (tertiary/aromatic N) is 1. The molecule has 2 rings (SSSR count). The van der Waals surface area contributed by atoms with Crippen LogP contribution in [0.2, 0.25) is 0 Å². The average molecular weight is 252 g/mol. The maximum absolute atomic E-state index is 6.11. The Hall–Kier alpha value is -0.0800. The normalized spacial score (nSPS) is 34.3. The predicted molar refractivity (Wildman–Crippen MR) is 78.6 cm³/mol. The molecule has 0 spiro atoms. The van der Waals surface area contributed by atoms with Crippen molar-refractivity contribution in [1.82, 2.24) is 4.90 Å². The van der Waals surface area contributed by atoms with Crippen molar-refractivity contribution in [1.29, 1.82) is 0 Å². The van der Waals surface area contributed by atoms with E-state index in [9.17, 15) is 0 Å². The van der Waals surface area contributed by atoms with Crippen LogP contribution in [-0.4, -0.2) is 31.6 Å². The minimum atomic E-state index is 0.430. The highest BCUT2D eigenvalue weighted by atomic mass is 15.1. The van der Waals surface area contributed by atoms with E-state index in [4.69, 9.17) is 5.73 Å². The molecule has 0 unspecified atom stereocenters. The summed E-state index contributed by atoms with van der Waals surface area (Å²) in [7, 11) is 2.31. The molecule has 2 aliphatic carbocycles. The first-order chi connectivity index (χ1) is 8.63. The third kappa shape index (κ3) is 3.71. The zero-order chi connectivity index (χ0) is 13.0. The quantitative estimate of drug-likeness (QED) is 0.814. The highest BCUT2D eigenvalue weighted by molar-refractivity contribution is 4.88. The number of rotatable bonds is 5. The van der Waals surface area contributed by atoms with Gasteiger partial charge >= 0.3 is 0 Å². The molecule has 0 aromatic heterocycles. The van der Waals surface area contributed by atoms with E-state index in [1.165, 1.54) is 64.5 Å². The van der Waals surface area contributed by atoms with Crippen LogP contribution in [0.25, 0.3) is 0 Å². The Bertz CT molecular complexity index is 237. The van der Waals surface area contributed by atoms with E-state index in [0.717, 1.165) is 18.4 Å². The van der Waals surface area contributed by atoms with Crippen LogP contribution in [0.4, 0.5) is 0 Å². The van der Waals surface area contributed by atoms with Gasteiger partial charge in [0.25, 0.3) is 0 Å². The second-order valence-corrected chi connectivity index (χ2v) is 7.23. The summed E-state index contributed by atoms with van der Waals surface area (Å²) in [5, 5.41) is 0. The van der Waals surface area contributed by atoms with Gasteiger partial charge in [-0.3, -0.25) is 0 Å². The van der Waals surface area contributed by atoms with E-state index >= 15 is 0 Å². The Balaban J connectivity index is 1.81. The Morgan fingerprint density at radius 2 is 1.72 bits per heavy atom. The first kappa shape index (κ1) is 14.3. The van der Waals surface area contributed by atoms with Crippen molar-refractivity contribution >= 4 is 0 Å². The van der Waals surface area contributed by atoms with Crippen LogP contribution in [0.5, 0.6) is 0 Å². The summed E-state index contributed by atoms with van der Waals surface area (Å²) in [5.74, 6) is 1.89. The number of nitrogens with two attached hydrogens (primary N) is 1. The summed E-state index contributed by atoms with van der Waals surface area (Å²) < 4.78 is 0. The van der Waals surface area contributed by atoms with Gasteiger partial charge in [0, 0.05) is 13.1 Å². The minimum Gasteiger partial charge on any atom is -0.330 e. The lowest BCUT2D eigenvalue weighted by atomic mass is 9.70. The summed E-state index contributed by atoms with van der Waals surface area (Å²) in [4.78, 5) is 2.58. The fourth-order valence-corrected chi connectivity index (χ4v) is 4.07. The molecule has 2 saturated carbocycles. The van der Waals surface area contributed by atoms with Gasteiger partial charge in [-0.05, 0) is 56.5 Å². The number of hydrogen-bond donors (Lipinski definition) is 1. The van der Waals surface area contributed by atoms with Crippen molar-refractivity contribution in [3.63, 3.8) is 0 Å². The van der Waals surface area contributed by atoms with E-state index in [-0.39, 0.29) is 0 Å². The predicted octanol–water partition coefficient (Wildman–Crippen LogP) is 3.26. The molecule has 0 bridgehead atoms. The molecule has 2 fully saturated rings. The van der Waals surface area contributed by atoms with Gasteiger partial charge < -0.3 is 10.6 Å². The zero-order valence-electron chi connectivity index (χ0n) is 12.5. The van der Waals surface area contributed by atoms with E-state index in [1.807, 2.05) is 0 Å². The topological polar surface area (TPSA) is 29.3 Å². The molecule has 2 nitrogen and oxygen atoms in total. The van der Waals surface area contributed by atoms with Gasteiger partial charge in [-0.2, -0.15) is 0 Å². The fourth-order valence-electron chi connectivity index (χ4n) is 4.07. The monoisotopic (exact) mass is 252 g/mol. The maximum atomic E-state index is 6.11. The standard InChI is InChI=1S/C16H32N2/c1-14-7-9-16(12-17,10-8-14)13-18(2)11-15-5-3-4-6-15/h14-15H,3-13,17H2,1-2H3. The molecule has 0 radical (unpaired) electrons. The molecule has 2 heteroatoms. The lowest BCUT2D eigenvalue weighted by Crippen LogP contribution is -2.44. The van der Waals surface area contributed by atoms with E-state index < -0.39 is 0 Å². The van der Waals surface area contributed by atoms with Gasteiger partial charge in [0.05, 0.1) is 0 Å². The second kappa shape index (κ2) is 6.38. The van der Waals surface area contributed by atoms with Crippen LogP contribution < -0.4 is 5.73 Å². The van der Waals surface area contributed by atoms with Gasteiger partial charge in [-0.25, -0.2) is 0 Å². The lowest BCUT2D eigenvalue weighted by Gasteiger charge is -2.41. The third-order valence-electron chi connectivity index (χ3n) is 5.42. The molecule has 0 heterocycles. The molecule has 106 valence electrons. The summed E-state index contributed by atoms with van der Waals surface area (Å²) in [5.41, 5.74) is 6.54. The molecule has 2 N–H and O–H groups in total. The van der Waals surface area contributed by atoms with Crippen molar-refractivity contribution in [3.05, 3.63) is 0 Å². The Labute approximate surface area is 113 Å². The van der Waals surface area contributed by atoms with Gasteiger partial charge in [-0.1, -0.05) is 32.6 Å². The van der Waals surface area contributed by atoms with Crippen molar-refractivity contribution in [2.45, 2.75) is 58.3 Å². The summed E-state index contributed by atoms with van der Waals surface area (Å²) in [6.45, 7) is 5.81. The summed E-state index contributed by atoms with van der Waals surface area (Å²) in [6, 6.07) is 0. The van der Waals surface area contributed by atoms with Gasteiger partial charge in [0.15, 0.2) is 0 Å².